The standard InChI is InChI=1S/C17H14BrN3O/c1-10-15(17(22)21-19)16(11-5-3-2-4-6-11)13-9-12(18)7-8-14(13)20-10/h2-9H,19H2,1H3,(H,21,22). The topological polar surface area (TPSA) is 68.0 Å². The molecule has 0 unspecified atom stereocenters. The van der Waals surface area contributed by atoms with Crippen LogP contribution in [0.25, 0.3) is 22.0 Å². The number of fused-ring (bicyclic) bond motifs is 1. The van der Waals surface area contributed by atoms with Gasteiger partial charge >= 0.3 is 0 Å². The third kappa shape index (κ3) is 2.49. The largest absolute Gasteiger partial charge is 0.290 e. The first kappa shape index (κ1) is 14.7. The van der Waals surface area contributed by atoms with Gasteiger partial charge in [0.2, 0.25) is 0 Å². The van der Waals surface area contributed by atoms with Gasteiger partial charge in [-0.25, -0.2) is 5.84 Å². The molecule has 1 aromatic heterocycles. The molecule has 4 nitrogen and oxygen atoms in total. The number of nitrogens with one attached hydrogen (secondary N) is 1. The Balaban J connectivity index is 2.47. The van der Waals surface area contributed by atoms with Gasteiger partial charge in [-0.15, -0.1) is 0 Å². The number of hydrazine groups is 1. The van der Waals surface area contributed by atoms with Crippen LogP contribution in [0, 0.1) is 6.92 Å². The molecule has 3 aromatic rings. The van der Waals surface area contributed by atoms with Crippen molar-refractivity contribution in [3.05, 3.63) is 64.3 Å². The van der Waals surface area contributed by atoms with Crippen LogP contribution >= 0.6 is 15.9 Å². The summed E-state index contributed by atoms with van der Waals surface area (Å²) in [5.41, 5.74) is 6.00. The van der Waals surface area contributed by atoms with Crippen molar-refractivity contribution in [1.29, 1.82) is 0 Å². The molecule has 2 aromatic carbocycles. The molecule has 5 heteroatoms. The number of nitrogen functional groups attached to an aromatic ring is 1. The zero-order valence-electron chi connectivity index (χ0n) is 11.9. The monoisotopic (exact) mass is 355 g/mol. The fraction of sp³-hybridized carbons (Fsp3) is 0.0588. The van der Waals surface area contributed by atoms with Gasteiger partial charge in [0.1, 0.15) is 0 Å². The van der Waals surface area contributed by atoms with Gasteiger partial charge in [-0.2, -0.15) is 0 Å². The number of aromatic nitrogens is 1. The fourth-order valence-electron chi connectivity index (χ4n) is 2.61. The second-order valence-electron chi connectivity index (χ2n) is 4.95. The molecule has 0 spiro atoms. The first-order valence-electron chi connectivity index (χ1n) is 6.78. The summed E-state index contributed by atoms with van der Waals surface area (Å²) in [4.78, 5) is 16.8. The van der Waals surface area contributed by atoms with Crippen LogP contribution in [0.3, 0.4) is 0 Å². The van der Waals surface area contributed by atoms with Crippen LogP contribution in [0.15, 0.2) is 53.0 Å². The van der Waals surface area contributed by atoms with E-state index in [1.165, 1.54) is 0 Å². The molecular formula is C17H14BrN3O. The Labute approximate surface area is 136 Å². The van der Waals surface area contributed by atoms with Crippen molar-refractivity contribution >= 4 is 32.7 Å². The summed E-state index contributed by atoms with van der Waals surface area (Å²) in [7, 11) is 0. The van der Waals surface area contributed by atoms with Gasteiger partial charge < -0.3 is 0 Å². The number of halogens is 1. The second kappa shape index (κ2) is 5.87. The molecule has 0 atom stereocenters. The van der Waals surface area contributed by atoms with Gasteiger partial charge in [0.25, 0.3) is 5.91 Å². The van der Waals surface area contributed by atoms with E-state index in [4.69, 9.17) is 5.84 Å². The van der Waals surface area contributed by atoms with E-state index in [0.717, 1.165) is 26.5 Å². The maximum atomic E-state index is 12.3. The number of hydrogen-bond acceptors (Lipinski definition) is 3. The number of aryl methyl sites for hydroxylation is 1. The van der Waals surface area contributed by atoms with E-state index < -0.39 is 0 Å². The predicted molar refractivity (Wildman–Crippen MR) is 91.3 cm³/mol. The molecule has 0 saturated heterocycles. The van der Waals surface area contributed by atoms with Crippen molar-refractivity contribution in [2.24, 2.45) is 5.84 Å². The lowest BCUT2D eigenvalue weighted by atomic mass is 9.94. The number of hydrogen-bond donors (Lipinski definition) is 2. The van der Waals surface area contributed by atoms with Crippen molar-refractivity contribution in [1.82, 2.24) is 10.4 Å². The molecule has 0 fully saturated rings. The first-order valence-corrected chi connectivity index (χ1v) is 7.57. The van der Waals surface area contributed by atoms with Crippen molar-refractivity contribution in [3.8, 4) is 11.1 Å². The van der Waals surface area contributed by atoms with Crippen LogP contribution in [-0.4, -0.2) is 10.9 Å². The molecule has 0 bridgehead atoms. The number of carbonyl (C=O) groups is 1. The highest BCUT2D eigenvalue weighted by atomic mass is 79.9. The molecule has 0 saturated carbocycles. The minimum absolute atomic E-state index is 0.342. The number of carbonyl (C=O) groups excluding carboxylic acids is 1. The van der Waals surface area contributed by atoms with Gasteiger partial charge in [-0.05, 0) is 30.7 Å². The van der Waals surface area contributed by atoms with E-state index in [-0.39, 0.29) is 5.91 Å². The van der Waals surface area contributed by atoms with Crippen LogP contribution in [0.4, 0.5) is 0 Å². The summed E-state index contributed by atoms with van der Waals surface area (Å²) in [5, 5.41) is 0.907. The van der Waals surface area contributed by atoms with E-state index in [1.54, 1.807) is 0 Å². The Morgan fingerprint density at radius 1 is 1.18 bits per heavy atom. The van der Waals surface area contributed by atoms with E-state index in [0.29, 0.717) is 11.3 Å². The fourth-order valence-corrected chi connectivity index (χ4v) is 2.97. The SMILES string of the molecule is Cc1nc2ccc(Br)cc2c(-c2ccccc2)c1C(=O)NN. The van der Waals surface area contributed by atoms with Gasteiger partial charge in [-0.1, -0.05) is 46.3 Å². The highest BCUT2D eigenvalue weighted by Gasteiger charge is 2.19. The zero-order chi connectivity index (χ0) is 15.7. The number of nitrogens with zero attached hydrogens (tertiary/aromatic N) is 1. The highest BCUT2D eigenvalue weighted by molar-refractivity contribution is 9.10. The molecule has 22 heavy (non-hydrogen) atoms. The maximum Gasteiger partial charge on any atom is 0.267 e. The molecule has 1 amide bonds. The van der Waals surface area contributed by atoms with Crippen LogP contribution in [0.1, 0.15) is 16.1 Å². The third-order valence-electron chi connectivity index (χ3n) is 3.55. The van der Waals surface area contributed by atoms with E-state index in [1.807, 2.05) is 55.5 Å². The Kier molecular flexibility index (Phi) is 3.92. The molecule has 3 rings (SSSR count). The Bertz CT molecular complexity index is 863. The minimum atomic E-state index is -0.342. The van der Waals surface area contributed by atoms with E-state index in [9.17, 15) is 4.79 Å². The lowest BCUT2D eigenvalue weighted by Crippen LogP contribution is -2.31. The summed E-state index contributed by atoms with van der Waals surface area (Å²) >= 11 is 3.48. The van der Waals surface area contributed by atoms with Crippen molar-refractivity contribution in [3.63, 3.8) is 0 Å². The third-order valence-corrected chi connectivity index (χ3v) is 4.04. The van der Waals surface area contributed by atoms with Gasteiger partial charge in [0.05, 0.1) is 16.8 Å². The molecule has 0 aliphatic rings. The molecule has 3 N–H and O–H groups in total. The van der Waals surface area contributed by atoms with Crippen molar-refractivity contribution in [2.45, 2.75) is 6.92 Å². The van der Waals surface area contributed by atoms with E-state index >= 15 is 0 Å². The summed E-state index contributed by atoms with van der Waals surface area (Å²) < 4.78 is 0.932. The van der Waals surface area contributed by atoms with Crippen LogP contribution < -0.4 is 11.3 Å². The zero-order valence-corrected chi connectivity index (χ0v) is 13.5. The Morgan fingerprint density at radius 3 is 2.59 bits per heavy atom. The molecular weight excluding hydrogens is 342 g/mol. The average Bonchev–Trinajstić information content (AvgIpc) is 2.54. The Hall–Kier alpha value is -2.24. The molecule has 0 aliphatic carbocycles. The molecule has 0 radical (unpaired) electrons. The van der Waals surface area contributed by atoms with Crippen LogP contribution in [0.2, 0.25) is 0 Å². The molecule has 1 heterocycles. The predicted octanol–water partition coefficient (Wildman–Crippen LogP) is 3.58. The maximum absolute atomic E-state index is 12.3. The quantitative estimate of drug-likeness (QED) is 0.419. The van der Waals surface area contributed by atoms with Gasteiger partial charge in [0.15, 0.2) is 0 Å². The summed E-state index contributed by atoms with van der Waals surface area (Å²) in [6, 6.07) is 15.6. The first-order chi connectivity index (χ1) is 10.6. The smallest absolute Gasteiger partial charge is 0.267 e. The summed E-state index contributed by atoms with van der Waals surface area (Å²) in [6.45, 7) is 1.82. The summed E-state index contributed by atoms with van der Waals surface area (Å²) in [6.07, 6.45) is 0. The second-order valence-corrected chi connectivity index (χ2v) is 5.86. The molecule has 0 aliphatic heterocycles. The molecule has 110 valence electrons. The number of benzene rings is 2. The van der Waals surface area contributed by atoms with Gasteiger partial charge in [-0.3, -0.25) is 15.2 Å². The number of amides is 1. The number of rotatable bonds is 2. The lowest BCUT2D eigenvalue weighted by Gasteiger charge is -2.15. The van der Waals surface area contributed by atoms with Crippen LogP contribution in [0.5, 0.6) is 0 Å². The number of pyridine rings is 1. The lowest BCUT2D eigenvalue weighted by molar-refractivity contribution is 0.0953. The van der Waals surface area contributed by atoms with E-state index in [2.05, 4.69) is 26.3 Å². The van der Waals surface area contributed by atoms with Crippen molar-refractivity contribution < 1.29 is 4.79 Å². The summed E-state index contributed by atoms with van der Waals surface area (Å²) in [5.74, 6) is 5.02. The highest BCUT2D eigenvalue weighted by Crippen LogP contribution is 2.34. The normalized spacial score (nSPS) is 10.7. The minimum Gasteiger partial charge on any atom is -0.290 e. The average molecular weight is 356 g/mol. The van der Waals surface area contributed by atoms with Crippen LogP contribution in [-0.2, 0) is 0 Å². The van der Waals surface area contributed by atoms with Crippen molar-refractivity contribution in [2.75, 3.05) is 0 Å². The number of nitrogens with two attached hydrogens (primary N) is 1. The van der Waals surface area contributed by atoms with Gasteiger partial charge in [0, 0.05) is 15.4 Å². The Morgan fingerprint density at radius 2 is 1.91 bits per heavy atom.